The number of fused-ring (bicyclic) bond motifs is 2. The van der Waals surface area contributed by atoms with Crippen LogP contribution in [0.1, 0.15) is 6.42 Å². The maximum Gasteiger partial charge on any atom is 0.310 e. The van der Waals surface area contributed by atoms with E-state index in [2.05, 4.69) is 12.2 Å². The highest BCUT2D eigenvalue weighted by molar-refractivity contribution is 5.87. The summed E-state index contributed by atoms with van der Waals surface area (Å²) in [6.07, 6.45) is 5.06. The van der Waals surface area contributed by atoms with Gasteiger partial charge in [0.05, 0.1) is 32.2 Å². The van der Waals surface area contributed by atoms with Gasteiger partial charge in [-0.25, -0.2) is 0 Å². The normalized spacial score (nSPS) is 36.6. The first-order valence-electron chi connectivity index (χ1n) is 6.85. The number of hydrogen-bond donors (Lipinski definition) is 0. The van der Waals surface area contributed by atoms with Gasteiger partial charge in [0.25, 0.3) is 0 Å². The van der Waals surface area contributed by atoms with E-state index in [1.807, 2.05) is 4.90 Å². The molecule has 2 aliphatic carbocycles. The average molecular weight is 265 g/mol. The number of esters is 1. The minimum atomic E-state index is -0.296. The van der Waals surface area contributed by atoms with Gasteiger partial charge in [-0.3, -0.25) is 9.59 Å². The Hall–Kier alpha value is -1.36. The van der Waals surface area contributed by atoms with Crippen molar-refractivity contribution in [3.63, 3.8) is 0 Å². The molecule has 2 fully saturated rings. The third kappa shape index (κ3) is 2.06. The van der Waals surface area contributed by atoms with Gasteiger partial charge in [-0.15, -0.1) is 0 Å². The molecule has 3 aliphatic rings. The van der Waals surface area contributed by atoms with Gasteiger partial charge >= 0.3 is 5.97 Å². The standard InChI is InChI=1S/C14H19NO4/c1-18-14(17)12-10-3-2-9(8-10)11(12)13(16)15-4-6-19-7-5-15/h2-3,9-12H,4-8H2,1H3/t9-,10+,11?,12?/m1/s1. The Labute approximate surface area is 112 Å². The first kappa shape index (κ1) is 12.7. The van der Waals surface area contributed by atoms with Gasteiger partial charge in [-0.05, 0) is 18.3 Å². The number of morpholine rings is 1. The van der Waals surface area contributed by atoms with Crippen LogP contribution in [0, 0.1) is 23.7 Å². The molecule has 1 saturated carbocycles. The van der Waals surface area contributed by atoms with Crippen molar-refractivity contribution in [1.82, 2.24) is 4.90 Å². The number of carbonyl (C=O) groups excluding carboxylic acids is 2. The van der Waals surface area contributed by atoms with E-state index in [0.29, 0.717) is 26.3 Å². The summed E-state index contributed by atoms with van der Waals surface area (Å²) in [7, 11) is 1.40. The molecule has 0 spiro atoms. The quantitative estimate of drug-likeness (QED) is 0.537. The van der Waals surface area contributed by atoms with Gasteiger partial charge in [0, 0.05) is 13.1 Å². The monoisotopic (exact) mass is 265 g/mol. The first-order chi connectivity index (χ1) is 9.22. The number of amides is 1. The lowest BCUT2D eigenvalue weighted by atomic mass is 9.82. The molecule has 0 aromatic heterocycles. The van der Waals surface area contributed by atoms with Gasteiger partial charge in [0.1, 0.15) is 0 Å². The minimum Gasteiger partial charge on any atom is -0.469 e. The number of hydrogen-bond acceptors (Lipinski definition) is 4. The second kappa shape index (κ2) is 4.96. The molecule has 5 heteroatoms. The molecule has 19 heavy (non-hydrogen) atoms. The topological polar surface area (TPSA) is 55.8 Å². The molecule has 104 valence electrons. The molecule has 0 radical (unpaired) electrons. The zero-order valence-electron chi connectivity index (χ0n) is 11.1. The summed E-state index contributed by atoms with van der Waals surface area (Å²) in [4.78, 5) is 26.4. The summed E-state index contributed by atoms with van der Waals surface area (Å²) >= 11 is 0. The van der Waals surface area contributed by atoms with E-state index in [1.54, 1.807) is 0 Å². The predicted octanol–water partition coefficient (Wildman–Crippen LogP) is 0.456. The third-order valence-corrected chi connectivity index (χ3v) is 4.54. The highest BCUT2D eigenvalue weighted by atomic mass is 16.5. The number of carbonyl (C=O) groups is 2. The molecule has 2 bridgehead atoms. The molecular formula is C14H19NO4. The van der Waals surface area contributed by atoms with E-state index >= 15 is 0 Å². The summed E-state index contributed by atoms with van der Waals surface area (Å²) in [5, 5.41) is 0. The van der Waals surface area contributed by atoms with Crippen LogP contribution in [0.3, 0.4) is 0 Å². The van der Waals surface area contributed by atoms with E-state index in [-0.39, 0.29) is 35.5 Å². The third-order valence-electron chi connectivity index (χ3n) is 4.54. The van der Waals surface area contributed by atoms with Crippen LogP contribution in [-0.4, -0.2) is 50.2 Å². The van der Waals surface area contributed by atoms with Crippen molar-refractivity contribution in [2.45, 2.75) is 6.42 Å². The van der Waals surface area contributed by atoms with Crippen molar-refractivity contribution >= 4 is 11.9 Å². The van der Waals surface area contributed by atoms with Crippen molar-refractivity contribution < 1.29 is 19.1 Å². The predicted molar refractivity (Wildman–Crippen MR) is 67.1 cm³/mol. The van der Waals surface area contributed by atoms with Crippen LogP contribution >= 0.6 is 0 Å². The Morgan fingerprint density at radius 1 is 1.16 bits per heavy atom. The maximum absolute atomic E-state index is 12.6. The number of allylic oxidation sites excluding steroid dienone is 2. The van der Waals surface area contributed by atoms with E-state index in [9.17, 15) is 9.59 Å². The largest absolute Gasteiger partial charge is 0.469 e. The Kier molecular flexibility index (Phi) is 3.31. The summed E-state index contributed by atoms with van der Waals surface area (Å²) in [5.74, 6) is -0.313. The van der Waals surface area contributed by atoms with Crippen LogP contribution in [0.4, 0.5) is 0 Å². The van der Waals surface area contributed by atoms with Crippen LogP contribution in [-0.2, 0) is 19.1 Å². The zero-order chi connectivity index (χ0) is 13.4. The maximum atomic E-state index is 12.6. The van der Waals surface area contributed by atoms with Gasteiger partial charge in [0.2, 0.25) is 5.91 Å². The first-order valence-corrected chi connectivity index (χ1v) is 6.85. The fraction of sp³-hybridized carbons (Fsp3) is 0.714. The molecule has 5 nitrogen and oxygen atoms in total. The van der Waals surface area contributed by atoms with Crippen LogP contribution in [0.2, 0.25) is 0 Å². The SMILES string of the molecule is COC(=O)C1C(C(=O)N2CCOCC2)[C@@H]2C=C[C@H]1C2. The second-order valence-corrected chi connectivity index (χ2v) is 5.46. The van der Waals surface area contributed by atoms with Crippen molar-refractivity contribution in [2.24, 2.45) is 23.7 Å². The minimum absolute atomic E-state index is 0.0931. The molecule has 0 N–H and O–H groups in total. The Morgan fingerprint density at radius 3 is 2.42 bits per heavy atom. The summed E-state index contributed by atoms with van der Waals surface area (Å²) < 4.78 is 10.2. The number of rotatable bonds is 2. The van der Waals surface area contributed by atoms with Crippen molar-refractivity contribution in [2.75, 3.05) is 33.4 Å². The Bertz CT molecular complexity index is 414. The highest BCUT2D eigenvalue weighted by Crippen LogP contribution is 2.49. The molecular weight excluding hydrogens is 246 g/mol. The number of ether oxygens (including phenoxy) is 2. The molecule has 2 unspecified atom stereocenters. The van der Waals surface area contributed by atoms with E-state index < -0.39 is 0 Å². The van der Waals surface area contributed by atoms with E-state index in [0.717, 1.165) is 6.42 Å². The molecule has 1 aliphatic heterocycles. The lowest BCUT2D eigenvalue weighted by Crippen LogP contribution is -2.47. The Morgan fingerprint density at radius 2 is 1.79 bits per heavy atom. The fourth-order valence-corrected chi connectivity index (χ4v) is 3.61. The van der Waals surface area contributed by atoms with E-state index in [1.165, 1.54) is 7.11 Å². The summed E-state index contributed by atoms with van der Waals surface area (Å²) in [5.41, 5.74) is 0. The molecule has 0 aromatic carbocycles. The van der Waals surface area contributed by atoms with Crippen LogP contribution in [0.25, 0.3) is 0 Å². The molecule has 1 saturated heterocycles. The smallest absolute Gasteiger partial charge is 0.310 e. The van der Waals surface area contributed by atoms with Crippen LogP contribution < -0.4 is 0 Å². The van der Waals surface area contributed by atoms with Crippen LogP contribution in [0.15, 0.2) is 12.2 Å². The second-order valence-electron chi connectivity index (χ2n) is 5.46. The van der Waals surface area contributed by atoms with E-state index in [4.69, 9.17) is 9.47 Å². The average Bonchev–Trinajstić information content (AvgIpc) is 3.07. The van der Waals surface area contributed by atoms with Crippen molar-refractivity contribution in [3.8, 4) is 0 Å². The van der Waals surface area contributed by atoms with Crippen LogP contribution in [0.5, 0.6) is 0 Å². The molecule has 1 amide bonds. The molecule has 4 atom stereocenters. The zero-order valence-corrected chi connectivity index (χ0v) is 11.1. The van der Waals surface area contributed by atoms with Gasteiger partial charge in [-0.2, -0.15) is 0 Å². The van der Waals surface area contributed by atoms with Crippen molar-refractivity contribution in [3.05, 3.63) is 12.2 Å². The lowest BCUT2D eigenvalue weighted by molar-refractivity contribution is -0.155. The molecule has 3 rings (SSSR count). The molecule has 1 heterocycles. The van der Waals surface area contributed by atoms with Gasteiger partial charge in [0.15, 0.2) is 0 Å². The lowest BCUT2D eigenvalue weighted by Gasteiger charge is -2.33. The van der Waals surface area contributed by atoms with Gasteiger partial charge < -0.3 is 14.4 Å². The fourth-order valence-electron chi connectivity index (χ4n) is 3.61. The number of nitrogens with zero attached hydrogens (tertiary/aromatic N) is 1. The van der Waals surface area contributed by atoms with Gasteiger partial charge in [-0.1, -0.05) is 12.2 Å². The highest BCUT2D eigenvalue weighted by Gasteiger charge is 2.53. The molecule has 0 aromatic rings. The summed E-state index contributed by atoms with van der Waals surface area (Å²) in [6, 6.07) is 0. The van der Waals surface area contributed by atoms with Crippen molar-refractivity contribution in [1.29, 1.82) is 0 Å². The summed E-state index contributed by atoms with van der Waals surface area (Å²) in [6.45, 7) is 2.44. The number of methoxy groups -OCH3 is 1. The Balaban J connectivity index is 1.79.